The summed E-state index contributed by atoms with van der Waals surface area (Å²) < 4.78 is 1.69. The van der Waals surface area contributed by atoms with E-state index in [-0.39, 0.29) is 47.8 Å². The molecular weight excluding hydrogens is 572 g/mol. The maximum Gasteiger partial charge on any atom is 0.274 e. The van der Waals surface area contributed by atoms with Crippen LogP contribution in [0.3, 0.4) is 0 Å². The van der Waals surface area contributed by atoms with Crippen LogP contribution in [-0.4, -0.2) is 80.1 Å². The summed E-state index contributed by atoms with van der Waals surface area (Å²) in [6.45, 7) is 6.03. The minimum Gasteiger partial charge on any atom is -0.339 e. The van der Waals surface area contributed by atoms with E-state index in [9.17, 15) is 24.4 Å². The van der Waals surface area contributed by atoms with Gasteiger partial charge in [0.15, 0.2) is 5.69 Å². The Morgan fingerprint density at radius 3 is 2.60 bits per heavy atom. The number of benzene rings is 1. The van der Waals surface area contributed by atoms with E-state index in [0.29, 0.717) is 24.4 Å². The molecule has 12 heteroatoms. The van der Waals surface area contributed by atoms with Crippen molar-refractivity contribution in [3.63, 3.8) is 0 Å². The Morgan fingerprint density at radius 2 is 1.93 bits per heavy atom. The van der Waals surface area contributed by atoms with E-state index < -0.39 is 29.4 Å². The van der Waals surface area contributed by atoms with E-state index >= 15 is 0 Å². The van der Waals surface area contributed by atoms with E-state index in [2.05, 4.69) is 27.0 Å². The van der Waals surface area contributed by atoms with Crippen molar-refractivity contribution in [1.82, 2.24) is 30.1 Å². The number of hydrogen-bond acceptors (Lipinski definition) is 7. The zero-order chi connectivity index (χ0) is 32.1. The summed E-state index contributed by atoms with van der Waals surface area (Å²) >= 11 is 0. The molecule has 238 valence electrons. The molecule has 2 aliphatic heterocycles. The monoisotopic (exact) mass is 614 g/mol. The fourth-order valence-electron chi connectivity index (χ4n) is 6.74. The molecule has 4 aliphatic rings. The highest BCUT2D eigenvalue weighted by atomic mass is 16.2. The summed E-state index contributed by atoms with van der Waals surface area (Å²) in [5, 5.41) is 24.1. The van der Waals surface area contributed by atoms with Gasteiger partial charge in [-0.3, -0.25) is 19.2 Å². The molecule has 6 rings (SSSR count). The van der Waals surface area contributed by atoms with E-state index in [1.165, 1.54) is 9.80 Å². The molecule has 45 heavy (non-hydrogen) atoms. The van der Waals surface area contributed by atoms with Crippen LogP contribution in [0.25, 0.3) is 0 Å². The third kappa shape index (κ3) is 6.17. The molecule has 0 bridgehead atoms. The Balaban J connectivity index is 1.24. The predicted molar refractivity (Wildman–Crippen MR) is 165 cm³/mol. The van der Waals surface area contributed by atoms with Crippen LogP contribution < -0.4 is 10.6 Å². The lowest BCUT2D eigenvalue weighted by Gasteiger charge is -2.37. The highest BCUT2D eigenvalue weighted by molar-refractivity contribution is 6.07. The van der Waals surface area contributed by atoms with Crippen LogP contribution in [0.5, 0.6) is 0 Å². The zero-order valence-corrected chi connectivity index (χ0v) is 26.5. The number of nitrogens with zero attached hydrogens (tertiary/aromatic N) is 6. The molecular formula is C33H42N8O4. The first kappa shape index (κ1) is 30.7. The summed E-state index contributed by atoms with van der Waals surface area (Å²) in [5.41, 5.74) is 0.257. The van der Waals surface area contributed by atoms with Gasteiger partial charge in [-0.15, -0.1) is 5.10 Å². The number of carbonyl (C=O) groups excluding carboxylic acids is 4. The lowest BCUT2D eigenvalue weighted by Crippen LogP contribution is -2.56. The Labute approximate surface area is 263 Å². The van der Waals surface area contributed by atoms with Crippen molar-refractivity contribution >= 4 is 29.3 Å². The molecule has 0 radical (unpaired) electrons. The lowest BCUT2D eigenvalue weighted by molar-refractivity contribution is -0.147. The molecule has 3 fully saturated rings. The number of likely N-dealkylation sites (N-methyl/N-ethyl adjacent to an activating group) is 1. The number of rotatable bonds is 10. The van der Waals surface area contributed by atoms with Gasteiger partial charge in [-0.1, -0.05) is 57.0 Å². The second-order valence-corrected chi connectivity index (χ2v) is 14.5. The van der Waals surface area contributed by atoms with Gasteiger partial charge in [-0.2, -0.15) is 5.26 Å². The van der Waals surface area contributed by atoms with Crippen molar-refractivity contribution in [2.24, 2.45) is 11.3 Å². The van der Waals surface area contributed by atoms with Crippen LogP contribution in [0.2, 0.25) is 0 Å². The smallest absolute Gasteiger partial charge is 0.274 e. The molecule has 2 N–H and O–H groups in total. The van der Waals surface area contributed by atoms with Crippen LogP contribution >= 0.6 is 0 Å². The molecule has 1 spiro atoms. The average Bonchev–Trinajstić information content (AvgIpc) is 3.93. The average molecular weight is 615 g/mol. The summed E-state index contributed by atoms with van der Waals surface area (Å²) in [6.07, 6.45) is 7.58. The van der Waals surface area contributed by atoms with Crippen LogP contribution in [0.1, 0.15) is 94.2 Å². The highest BCUT2D eigenvalue weighted by Gasteiger charge is 2.57. The van der Waals surface area contributed by atoms with Crippen molar-refractivity contribution < 1.29 is 19.2 Å². The van der Waals surface area contributed by atoms with E-state index in [4.69, 9.17) is 0 Å². The quantitative estimate of drug-likeness (QED) is 0.417. The molecule has 2 saturated carbocycles. The number of nitriles is 1. The number of nitrogens with one attached hydrogen (secondary N) is 2. The summed E-state index contributed by atoms with van der Waals surface area (Å²) in [6, 6.07) is 7.32. The van der Waals surface area contributed by atoms with Gasteiger partial charge in [0.05, 0.1) is 23.7 Å². The fraction of sp³-hybridized carbons (Fsp3) is 0.606. The van der Waals surface area contributed by atoms with Crippen LogP contribution in [0, 0.1) is 22.7 Å². The van der Waals surface area contributed by atoms with Crippen LogP contribution in [0.15, 0.2) is 30.5 Å². The Kier molecular flexibility index (Phi) is 7.91. The molecule has 3 heterocycles. The molecule has 1 aromatic heterocycles. The molecule has 12 nitrogen and oxygen atoms in total. The summed E-state index contributed by atoms with van der Waals surface area (Å²) in [4.78, 5) is 58.2. The normalized spacial score (nSPS) is 23.7. The van der Waals surface area contributed by atoms with Crippen molar-refractivity contribution in [3.8, 4) is 6.07 Å². The predicted octanol–water partition coefficient (Wildman–Crippen LogP) is 3.18. The fourth-order valence-corrected chi connectivity index (χ4v) is 6.74. The minimum atomic E-state index is -1.03. The molecule has 1 aromatic carbocycles. The van der Waals surface area contributed by atoms with Gasteiger partial charge in [0, 0.05) is 25.7 Å². The maximum absolute atomic E-state index is 14.5. The third-order valence-corrected chi connectivity index (χ3v) is 9.65. The standard InChI is InChI=1S/C33H42N8O4/c1-32(2,3)16-27(30(44)40-19-33(15-22(40)17-34)23-7-5-6-8-24(23)36-31(33)45)39(4)29(43)25(14-11-20-9-10-20)35-28(42)26-18-41(38-37-26)21-12-13-21/h5-8,18,20-22,25,27H,9-16,19H2,1-4H3,(H,35,42)(H,36,45)/t22-,25-,27-,33-/m0/s1. The second-order valence-electron chi connectivity index (χ2n) is 14.5. The number of carbonyl (C=O) groups is 4. The van der Waals surface area contributed by atoms with Gasteiger partial charge < -0.3 is 20.4 Å². The van der Waals surface area contributed by atoms with Crippen LogP contribution in [0.4, 0.5) is 5.69 Å². The highest BCUT2D eigenvalue weighted by Crippen LogP contribution is 2.46. The first-order chi connectivity index (χ1) is 21.4. The van der Waals surface area contributed by atoms with E-state index in [0.717, 1.165) is 37.7 Å². The van der Waals surface area contributed by atoms with Gasteiger partial charge in [-0.05, 0) is 55.1 Å². The van der Waals surface area contributed by atoms with Gasteiger partial charge in [-0.25, -0.2) is 4.68 Å². The number of anilines is 1. The van der Waals surface area contributed by atoms with E-state index in [1.54, 1.807) is 17.9 Å². The number of likely N-dealkylation sites (tertiary alicyclic amines) is 1. The molecule has 4 amide bonds. The minimum absolute atomic E-state index is 0.0497. The number of para-hydroxylation sites is 1. The van der Waals surface area contributed by atoms with Crippen LogP contribution in [-0.2, 0) is 19.8 Å². The molecule has 2 aromatic rings. The zero-order valence-electron chi connectivity index (χ0n) is 26.5. The molecule has 0 unspecified atom stereocenters. The SMILES string of the molecule is CN(C(=O)[C@H](CCC1CC1)NC(=O)c1cn(C2CC2)nn1)[C@@H](CC(C)(C)C)C(=O)N1C[C@]2(C[C@H]1C#N)C(=O)Nc1ccccc12. The largest absolute Gasteiger partial charge is 0.339 e. The first-order valence-electron chi connectivity index (χ1n) is 16.0. The van der Waals surface area contributed by atoms with Gasteiger partial charge in [0.2, 0.25) is 17.7 Å². The molecule has 4 atom stereocenters. The Morgan fingerprint density at radius 1 is 1.20 bits per heavy atom. The Hall–Kier alpha value is -4.27. The van der Waals surface area contributed by atoms with Crippen molar-refractivity contribution in [3.05, 3.63) is 41.7 Å². The number of aromatic nitrogens is 3. The number of fused-ring (bicyclic) bond motifs is 2. The number of hydrogen-bond donors (Lipinski definition) is 2. The van der Waals surface area contributed by atoms with Gasteiger partial charge in [0.1, 0.15) is 18.1 Å². The number of amides is 4. The first-order valence-corrected chi connectivity index (χ1v) is 16.0. The molecule has 2 aliphatic carbocycles. The van der Waals surface area contributed by atoms with E-state index in [1.807, 2.05) is 45.0 Å². The lowest BCUT2D eigenvalue weighted by atomic mass is 9.80. The van der Waals surface area contributed by atoms with Crippen molar-refractivity contribution in [2.45, 2.75) is 102 Å². The summed E-state index contributed by atoms with van der Waals surface area (Å²) in [7, 11) is 1.60. The second kappa shape index (κ2) is 11.6. The van der Waals surface area contributed by atoms with Gasteiger partial charge >= 0.3 is 0 Å². The summed E-state index contributed by atoms with van der Waals surface area (Å²) in [5.74, 6) is -0.908. The maximum atomic E-state index is 14.5. The third-order valence-electron chi connectivity index (χ3n) is 9.65. The topological polar surface area (TPSA) is 153 Å². The molecule has 1 saturated heterocycles. The van der Waals surface area contributed by atoms with Crippen molar-refractivity contribution in [2.75, 3.05) is 18.9 Å². The Bertz CT molecular complexity index is 1550. The van der Waals surface area contributed by atoms with Gasteiger partial charge in [0.25, 0.3) is 5.91 Å². The van der Waals surface area contributed by atoms with Crippen molar-refractivity contribution in [1.29, 1.82) is 5.26 Å².